The number of nitrogens with zero attached hydrogens (tertiary/aromatic N) is 4. The van der Waals surface area contributed by atoms with Crippen molar-refractivity contribution >= 4 is 0 Å². The average molecular weight is 226 g/mol. The van der Waals surface area contributed by atoms with E-state index in [-0.39, 0.29) is 0 Å². The summed E-state index contributed by atoms with van der Waals surface area (Å²) in [7, 11) is 0. The van der Waals surface area contributed by atoms with Crippen LogP contribution in [0.15, 0.2) is 30.3 Å². The second-order valence-electron chi connectivity index (χ2n) is 3.64. The summed E-state index contributed by atoms with van der Waals surface area (Å²) in [4.78, 5) is 0. The highest BCUT2D eigenvalue weighted by molar-refractivity contribution is 5.76. The van der Waals surface area contributed by atoms with Gasteiger partial charge in [-0.2, -0.15) is 30.8 Å². The summed E-state index contributed by atoms with van der Waals surface area (Å²) >= 11 is 0. The van der Waals surface area contributed by atoms with Crippen LogP contribution in [0.4, 0.5) is 0 Å². The van der Waals surface area contributed by atoms with E-state index in [0.29, 0.717) is 5.69 Å². The lowest BCUT2D eigenvalue weighted by molar-refractivity contribution is 0.924. The Morgan fingerprint density at radius 3 is 2.12 bits per heavy atom. The first-order valence-corrected chi connectivity index (χ1v) is 5.20. The fourth-order valence-electron chi connectivity index (χ4n) is 1.70. The maximum Gasteiger partial charge on any atom is 0.142 e. The van der Waals surface area contributed by atoms with Crippen molar-refractivity contribution in [2.24, 2.45) is 0 Å². The molecule has 0 atom stereocenters. The third kappa shape index (κ3) is 1.59. The van der Waals surface area contributed by atoms with E-state index in [1.807, 2.05) is 37.3 Å². The first-order chi connectivity index (χ1) is 8.36. The fourth-order valence-corrected chi connectivity index (χ4v) is 1.70. The number of hydrogen-bond acceptors (Lipinski definition) is 4. The van der Waals surface area contributed by atoms with E-state index in [0.717, 1.165) is 22.6 Å². The molecule has 0 saturated heterocycles. The van der Waals surface area contributed by atoms with Gasteiger partial charge in [0.05, 0.1) is 5.69 Å². The lowest BCUT2D eigenvalue weighted by atomic mass is 10.1. The van der Waals surface area contributed by atoms with Crippen LogP contribution in [-0.2, 0) is 0 Å². The van der Waals surface area contributed by atoms with E-state index in [9.17, 15) is 0 Å². The van der Waals surface area contributed by atoms with Crippen LogP contribution in [0.25, 0.3) is 22.6 Å². The van der Waals surface area contributed by atoms with E-state index in [1.54, 1.807) is 0 Å². The maximum atomic E-state index is 4.17. The van der Waals surface area contributed by atoms with Crippen molar-refractivity contribution in [1.82, 2.24) is 30.8 Å². The highest BCUT2D eigenvalue weighted by atomic mass is 15.4. The summed E-state index contributed by atoms with van der Waals surface area (Å²) in [5.74, 6) is 0. The zero-order valence-corrected chi connectivity index (χ0v) is 9.18. The molecule has 6 heteroatoms. The maximum absolute atomic E-state index is 4.17. The van der Waals surface area contributed by atoms with Crippen LogP contribution in [0.3, 0.4) is 0 Å². The summed E-state index contributed by atoms with van der Waals surface area (Å²) in [6.45, 7) is 1.88. The third-order valence-corrected chi connectivity index (χ3v) is 2.54. The van der Waals surface area contributed by atoms with Crippen molar-refractivity contribution in [2.45, 2.75) is 6.92 Å². The van der Waals surface area contributed by atoms with Gasteiger partial charge in [0.2, 0.25) is 0 Å². The average Bonchev–Trinajstić information content (AvgIpc) is 2.98. The number of rotatable bonds is 2. The summed E-state index contributed by atoms with van der Waals surface area (Å²) in [5.41, 5.74) is 4.01. The molecule has 0 amide bonds. The van der Waals surface area contributed by atoms with Crippen LogP contribution in [0, 0.1) is 6.92 Å². The zero-order valence-electron chi connectivity index (χ0n) is 9.18. The third-order valence-electron chi connectivity index (χ3n) is 2.54. The van der Waals surface area contributed by atoms with Gasteiger partial charge >= 0.3 is 0 Å². The smallest absolute Gasteiger partial charge is 0.142 e. The van der Waals surface area contributed by atoms with Crippen molar-refractivity contribution in [1.29, 1.82) is 0 Å². The Morgan fingerprint density at radius 1 is 0.765 bits per heavy atom. The Hall–Kier alpha value is -2.50. The molecule has 2 heterocycles. The Bertz CT molecular complexity index is 624. The molecule has 6 nitrogen and oxygen atoms in total. The predicted octanol–water partition coefficient (Wildman–Crippen LogP) is 1.57. The van der Waals surface area contributed by atoms with Crippen molar-refractivity contribution in [3.63, 3.8) is 0 Å². The molecule has 0 radical (unpaired) electrons. The summed E-state index contributed by atoms with van der Waals surface area (Å²) < 4.78 is 0. The molecule has 0 fully saturated rings. The van der Waals surface area contributed by atoms with Gasteiger partial charge in [-0.05, 0) is 6.92 Å². The van der Waals surface area contributed by atoms with Gasteiger partial charge in [-0.25, -0.2) is 0 Å². The highest BCUT2D eigenvalue weighted by Crippen LogP contribution is 2.27. The summed E-state index contributed by atoms with van der Waals surface area (Å²) in [6.07, 6.45) is 0. The monoisotopic (exact) mass is 226 g/mol. The van der Waals surface area contributed by atoms with Crippen LogP contribution in [0.5, 0.6) is 0 Å². The van der Waals surface area contributed by atoms with Gasteiger partial charge < -0.3 is 0 Å². The van der Waals surface area contributed by atoms with Gasteiger partial charge in [0.15, 0.2) is 0 Å². The Kier molecular flexibility index (Phi) is 2.18. The molecule has 17 heavy (non-hydrogen) atoms. The molecule has 0 unspecified atom stereocenters. The second kappa shape index (κ2) is 3.82. The molecule has 0 spiro atoms. The van der Waals surface area contributed by atoms with E-state index in [2.05, 4.69) is 30.8 Å². The van der Waals surface area contributed by atoms with Crippen molar-refractivity contribution in [3.05, 3.63) is 36.0 Å². The number of H-pyrrole nitrogens is 2. The minimum absolute atomic E-state index is 0.711. The molecule has 84 valence electrons. The molecule has 0 bridgehead atoms. The number of aromatic amines is 2. The molecule has 2 aromatic heterocycles. The highest BCUT2D eigenvalue weighted by Gasteiger charge is 2.16. The quantitative estimate of drug-likeness (QED) is 0.694. The zero-order chi connectivity index (χ0) is 11.7. The molecular formula is C11H10N6. The number of aryl methyl sites for hydroxylation is 1. The number of nitrogens with one attached hydrogen (secondary N) is 2. The minimum atomic E-state index is 0.711. The lowest BCUT2D eigenvalue weighted by Crippen LogP contribution is -1.86. The largest absolute Gasteiger partial charge is 0.197 e. The van der Waals surface area contributed by atoms with Gasteiger partial charge in [-0.15, -0.1) is 0 Å². The van der Waals surface area contributed by atoms with E-state index < -0.39 is 0 Å². The Labute approximate surface area is 97.1 Å². The van der Waals surface area contributed by atoms with Crippen LogP contribution >= 0.6 is 0 Å². The van der Waals surface area contributed by atoms with E-state index >= 15 is 0 Å². The minimum Gasteiger partial charge on any atom is -0.197 e. The first kappa shape index (κ1) is 9.71. The second-order valence-corrected chi connectivity index (χ2v) is 3.64. The van der Waals surface area contributed by atoms with Crippen LogP contribution < -0.4 is 0 Å². The molecule has 0 saturated carbocycles. The number of aromatic nitrogens is 6. The van der Waals surface area contributed by atoms with Gasteiger partial charge in [0, 0.05) is 5.56 Å². The molecule has 3 rings (SSSR count). The van der Waals surface area contributed by atoms with Crippen molar-refractivity contribution in [3.8, 4) is 22.6 Å². The summed E-state index contributed by atoms with van der Waals surface area (Å²) in [5, 5.41) is 21.6. The normalized spacial score (nSPS) is 10.6. The van der Waals surface area contributed by atoms with E-state index in [1.165, 1.54) is 0 Å². The van der Waals surface area contributed by atoms with Crippen LogP contribution in [0.1, 0.15) is 5.69 Å². The SMILES string of the molecule is Cc1n[nH]nc1-c1n[nH]nc1-c1ccccc1. The van der Waals surface area contributed by atoms with Gasteiger partial charge in [0.1, 0.15) is 17.1 Å². The topological polar surface area (TPSA) is 83.1 Å². The Balaban J connectivity index is 2.16. The standard InChI is InChI=1S/C11H10N6/c1-7-9(13-16-12-7)11-10(14-17-15-11)8-5-3-2-4-6-8/h2-6H,1H3,(H,12,13,16)(H,14,15,17). The van der Waals surface area contributed by atoms with Crippen molar-refractivity contribution < 1.29 is 0 Å². The molecule has 1 aromatic carbocycles. The van der Waals surface area contributed by atoms with Gasteiger partial charge in [0.25, 0.3) is 0 Å². The number of hydrogen-bond donors (Lipinski definition) is 2. The van der Waals surface area contributed by atoms with Crippen molar-refractivity contribution in [2.75, 3.05) is 0 Å². The van der Waals surface area contributed by atoms with Crippen LogP contribution in [0.2, 0.25) is 0 Å². The number of benzene rings is 1. The van der Waals surface area contributed by atoms with Gasteiger partial charge in [-0.1, -0.05) is 30.3 Å². The Morgan fingerprint density at radius 2 is 1.41 bits per heavy atom. The molecule has 3 aromatic rings. The molecule has 0 aliphatic heterocycles. The fraction of sp³-hybridized carbons (Fsp3) is 0.0909. The molecular weight excluding hydrogens is 216 g/mol. The van der Waals surface area contributed by atoms with Crippen LogP contribution in [-0.4, -0.2) is 30.8 Å². The van der Waals surface area contributed by atoms with Gasteiger partial charge in [-0.3, -0.25) is 0 Å². The summed E-state index contributed by atoms with van der Waals surface area (Å²) in [6, 6.07) is 9.85. The molecule has 0 aliphatic rings. The first-order valence-electron chi connectivity index (χ1n) is 5.20. The van der Waals surface area contributed by atoms with E-state index in [4.69, 9.17) is 0 Å². The molecule has 0 aliphatic carbocycles. The molecule has 2 N–H and O–H groups in total. The predicted molar refractivity (Wildman–Crippen MR) is 61.9 cm³/mol. The lowest BCUT2D eigenvalue weighted by Gasteiger charge is -1.97.